The molecule has 2 rings (SSSR count). The van der Waals surface area contributed by atoms with Crippen molar-refractivity contribution in [1.82, 2.24) is 4.57 Å². The molecule has 7 nitrogen and oxygen atoms in total. The van der Waals surface area contributed by atoms with E-state index in [4.69, 9.17) is 9.47 Å². The zero-order chi connectivity index (χ0) is 15.7. The molecule has 1 aliphatic rings. The molecule has 0 bridgehead atoms. The van der Waals surface area contributed by atoms with Gasteiger partial charge in [0.15, 0.2) is 12.0 Å². The molecule has 0 saturated heterocycles. The lowest BCUT2D eigenvalue weighted by molar-refractivity contribution is -0.142. The van der Waals surface area contributed by atoms with Crippen LogP contribution in [0.5, 0.6) is 0 Å². The van der Waals surface area contributed by atoms with Crippen molar-refractivity contribution < 1.29 is 28.7 Å². The van der Waals surface area contributed by atoms with E-state index in [0.717, 1.165) is 6.08 Å². The van der Waals surface area contributed by atoms with Gasteiger partial charge in [-0.05, 0) is 0 Å². The SMILES string of the molecule is COC1=CC(=O)c2c(c(C=O)c(COC(C)=O)n2C)C1=O. The van der Waals surface area contributed by atoms with Crippen LogP contribution in [0.3, 0.4) is 0 Å². The Hall–Kier alpha value is -2.70. The van der Waals surface area contributed by atoms with Gasteiger partial charge in [-0.25, -0.2) is 0 Å². The van der Waals surface area contributed by atoms with Gasteiger partial charge in [0.2, 0.25) is 11.6 Å². The molecule has 0 unspecified atom stereocenters. The van der Waals surface area contributed by atoms with Gasteiger partial charge in [-0.15, -0.1) is 0 Å². The number of ketones is 2. The second-order valence-electron chi connectivity index (χ2n) is 4.45. The zero-order valence-corrected chi connectivity index (χ0v) is 11.8. The van der Waals surface area contributed by atoms with Gasteiger partial charge >= 0.3 is 5.97 Å². The van der Waals surface area contributed by atoms with Crippen molar-refractivity contribution in [3.63, 3.8) is 0 Å². The third-order valence-electron chi connectivity index (χ3n) is 3.25. The Bertz CT molecular complexity index is 695. The Morgan fingerprint density at radius 1 is 1.38 bits per heavy atom. The second-order valence-corrected chi connectivity index (χ2v) is 4.45. The fourth-order valence-corrected chi connectivity index (χ4v) is 2.27. The topological polar surface area (TPSA) is 91.7 Å². The minimum Gasteiger partial charge on any atom is -0.492 e. The van der Waals surface area contributed by atoms with Gasteiger partial charge in [0.25, 0.3) is 0 Å². The summed E-state index contributed by atoms with van der Waals surface area (Å²) in [6.07, 6.45) is 1.55. The van der Waals surface area contributed by atoms with Crippen molar-refractivity contribution in [3.8, 4) is 0 Å². The maximum absolute atomic E-state index is 12.3. The summed E-state index contributed by atoms with van der Waals surface area (Å²) >= 11 is 0. The molecule has 110 valence electrons. The minimum absolute atomic E-state index is 0.0148. The van der Waals surface area contributed by atoms with E-state index in [-0.39, 0.29) is 34.9 Å². The first-order chi connectivity index (χ1) is 9.92. The van der Waals surface area contributed by atoms with Gasteiger partial charge in [-0.1, -0.05) is 0 Å². The number of ether oxygens (including phenoxy) is 2. The Balaban J connectivity index is 2.62. The number of aromatic nitrogens is 1. The largest absolute Gasteiger partial charge is 0.492 e. The molecule has 1 heterocycles. The molecule has 0 saturated carbocycles. The first kappa shape index (κ1) is 14.7. The highest BCUT2D eigenvalue weighted by Gasteiger charge is 2.35. The van der Waals surface area contributed by atoms with Crippen molar-refractivity contribution in [3.05, 3.63) is 34.3 Å². The Morgan fingerprint density at radius 3 is 2.57 bits per heavy atom. The molecule has 0 aliphatic heterocycles. The van der Waals surface area contributed by atoms with Crippen LogP contribution in [0, 0.1) is 0 Å². The molecule has 0 spiro atoms. The summed E-state index contributed by atoms with van der Waals surface area (Å²) in [5.41, 5.74) is 0.399. The van der Waals surface area contributed by atoms with Crippen LogP contribution < -0.4 is 0 Å². The standard InChI is InChI=1S/C14H13NO6/c1-7(17)21-6-9-8(5-16)12-13(15(9)2)10(18)4-11(20-3)14(12)19/h4-5H,6H2,1-3H3. The molecular formula is C14H13NO6. The molecule has 0 amide bonds. The van der Waals surface area contributed by atoms with Crippen LogP contribution in [0.15, 0.2) is 11.8 Å². The summed E-state index contributed by atoms with van der Waals surface area (Å²) in [5.74, 6) is -1.64. The summed E-state index contributed by atoms with van der Waals surface area (Å²) in [6.45, 7) is 1.03. The predicted octanol–water partition coefficient (Wildman–Crippen LogP) is 0.810. The van der Waals surface area contributed by atoms with E-state index in [2.05, 4.69) is 0 Å². The number of hydrogen-bond donors (Lipinski definition) is 0. The minimum atomic E-state index is -0.543. The number of methoxy groups -OCH3 is 1. The van der Waals surface area contributed by atoms with Crippen LogP contribution >= 0.6 is 0 Å². The molecule has 0 fully saturated rings. The van der Waals surface area contributed by atoms with E-state index in [1.54, 1.807) is 0 Å². The Morgan fingerprint density at radius 2 is 2.05 bits per heavy atom. The monoisotopic (exact) mass is 291 g/mol. The fraction of sp³-hybridized carbons (Fsp3) is 0.286. The number of fused-ring (bicyclic) bond motifs is 1. The normalized spacial score (nSPS) is 13.6. The number of nitrogens with zero attached hydrogens (tertiary/aromatic N) is 1. The first-order valence-electron chi connectivity index (χ1n) is 6.07. The Labute approximate surface area is 120 Å². The van der Waals surface area contributed by atoms with E-state index in [9.17, 15) is 19.2 Å². The third-order valence-corrected chi connectivity index (χ3v) is 3.25. The lowest BCUT2D eigenvalue weighted by atomic mass is 9.96. The molecular weight excluding hydrogens is 278 g/mol. The predicted molar refractivity (Wildman–Crippen MR) is 70.0 cm³/mol. The van der Waals surface area contributed by atoms with E-state index >= 15 is 0 Å². The van der Waals surface area contributed by atoms with Crippen LogP contribution in [0.4, 0.5) is 0 Å². The van der Waals surface area contributed by atoms with Gasteiger partial charge in [0.05, 0.1) is 23.9 Å². The number of esters is 1. The van der Waals surface area contributed by atoms with Gasteiger partial charge in [-0.2, -0.15) is 0 Å². The highest BCUT2D eigenvalue weighted by molar-refractivity contribution is 6.25. The highest BCUT2D eigenvalue weighted by Crippen LogP contribution is 2.29. The summed E-state index contributed by atoms with van der Waals surface area (Å²) < 4.78 is 11.1. The highest BCUT2D eigenvalue weighted by atomic mass is 16.5. The summed E-state index contributed by atoms with van der Waals surface area (Å²) in [6, 6.07) is 0. The van der Waals surface area contributed by atoms with E-state index in [1.807, 2.05) is 0 Å². The van der Waals surface area contributed by atoms with Crippen LogP contribution in [0.25, 0.3) is 0 Å². The van der Waals surface area contributed by atoms with Crippen molar-refractivity contribution >= 4 is 23.8 Å². The van der Waals surface area contributed by atoms with Gasteiger partial charge < -0.3 is 14.0 Å². The van der Waals surface area contributed by atoms with E-state index in [1.165, 1.54) is 25.6 Å². The van der Waals surface area contributed by atoms with Crippen LogP contribution in [-0.2, 0) is 27.9 Å². The molecule has 1 aliphatic carbocycles. The fourth-order valence-electron chi connectivity index (χ4n) is 2.27. The van der Waals surface area contributed by atoms with Gasteiger partial charge in [0, 0.05) is 20.0 Å². The number of rotatable bonds is 4. The third kappa shape index (κ3) is 2.26. The van der Waals surface area contributed by atoms with Crippen LogP contribution in [0.2, 0.25) is 0 Å². The molecule has 7 heteroatoms. The number of carbonyl (C=O) groups excluding carboxylic acids is 4. The molecule has 0 N–H and O–H groups in total. The molecule has 1 aromatic heterocycles. The van der Waals surface area contributed by atoms with Crippen molar-refractivity contribution in [1.29, 1.82) is 0 Å². The van der Waals surface area contributed by atoms with Crippen molar-refractivity contribution in [2.24, 2.45) is 7.05 Å². The second kappa shape index (κ2) is 5.35. The first-order valence-corrected chi connectivity index (χ1v) is 6.07. The van der Waals surface area contributed by atoms with Crippen LogP contribution in [-0.4, -0.2) is 35.5 Å². The Kier molecular flexibility index (Phi) is 3.75. The number of Topliss-reactive ketones (excluding diaryl/α,β-unsaturated/α-hetero) is 1. The summed E-state index contributed by atoms with van der Waals surface area (Å²) in [7, 11) is 2.80. The zero-order valence-electron chi connectivity index (χ0n) is 11.8. The summed E-state index contributed by atoms with van der Waals surface area (Å²) in [5, 5.41) is 0. The maximum atomic E-state index is 12.3. The summed E-state index contributed by atoms with van der Waals surface area (Å²) in [4.78, 5) is 46.6. The van der Waals surface area contributed by atoms with Crippen LogP contribution in [0.1, 0.15) is 43.8 Å². The molecule has 21 heavy (non-hydrogen) atoms. The molecule has 0 atom stereocenters. The number of allylic oxidation sites excluding steroid dienone is 2. The lowest BCUT2D eigenvalue weighted by Crippen LogP contribution is -2.20. The van der Waals surface area contributed by atoms with E-state index in [0.29, 0.717) is 6.29 Å². The number of carbonyl (C=O) groups is 4. The average Bonchev–Trinajstić information content (AvgIpc) is 2.73. The number of aldehydes is 1. The number of hydrogen-bond acceptors (Lipinski definition) is 6. The quantitative estimate of drug-likeness (QED) is 0.602. The molecule has 0 aromatic carbocycles. The van der Waals surface area contributed by atoms with Crippen molar-refractivity contribution in [2.45, 2.75) is 13.5 Å². The van der Waals surface area contributed by atoms with Crippen molar-refractivity contribution in [2.75, 3.05) is 7.11 Å². The molecule has 0 radical (unpaired) electrons. The molecule has 1 aromatic rings. The average molecular weight is 291 g/mol. The van der Waals surface area contributed by atoms with Gasteiger partial charge in [0.1, 0.15) is 12.3 Å². The van der Waals surface area contributed by atoms with E-state index < -0.39 is 17.5 Å². The smallest absolute Gasteiger partial charge is 0.303 e. The maximum Gasteiger partial charge on any atom is 0.303 e. The van der Waals surface area contributed by atoms with Gasteiger partial charge in [-0.3, -0.25) is 19.2 Å². The lowest BCUT2D eigenvalue weighted by Gasteiger charge is -2.12.